The summed E-state index contributed by atoms with van der Waals surface area (Å²) in [5.74, 6) is 0.332. The normalized spacial score (nSPS) is 14.2. The molecular formula is C17H23N5O4S. The highest BCUT2D eigenvalue weighted by atomic mass is 32.1. The van der Waals surface area contributed by atoms with Crippen molar-refractivity contribution >= 4 is 23.2 Å². The molecule has 2 aromatic heterocycles. The Morgan fingerprint density at radius 3 is 2.70 bits per heavy atom. The van der Waals surface area contributed by atoms with Crippen molar-refractivity contribution in [3.63, 3.8) is 0 Å². The Kier molecular flexibility index (Phi) is 5.36. The zero-order valence-corrected chi connectivity index (χ0v) is 16.4. The maximum absolute atomic E-state index is 12.6. The van der Waals surface area contributed by atoms with Gasteiger partial charge in [0.25, 0.3) is 5.56 Å². The molecule has 1 amide bonds. The average Bonchev–Trinajstić information content (AvgIpc) is 3.24. The molecule has 2 N–H and O–H groups in total. The van der Waals surface area contributed by atoms with Crippen LogP contribution in [0, 0.1) is 5.92 Å². The van der Waals surface area contributed by atoms with Crippen molar-refractivity contribution in [1.29, 1.82) is 0 Å². The predicted octanol–water partition coefficient (Wildman–Crippen LogP) is 0.903. The second kappa shape index (κ2) is 7.55. The lowest BCUT2D eigenvalue weighted by Gasteiger charge is -2.15. The minimum atomic E-state index is -0.461. The molecule has 0 radical (unpaired) electrons. The van der Waals surface area contributed by atoms with E-state index in [0.29, 0.717) is 38.4 Å². The molecule has 27 heavy (non-hydrogen) atoms. The Bertz CT molecular complexity index is 975. The molecule has 3 heterocycles. The van der Waals surface area contributed by atoms with Crippen molar-refractivity contribution in [2.45, 2.75) is 26.8 Å². The quantitative estimate of drug-likeness (QED) is 0.780. The van der Waals surface area contributed by atoms with E-state index in [0.717, 1.165) is 9.57 Å². The number of ether oxygens (including phenoxy) is 1. The molecule has 0 spiro atoms. The number of carbonyl (C=O) groups excluding carboxylic acids is 1. The first kappa shape index (κ1) is 19.2. The van der Waals surface area contributed by atoms with Crippen molar-refractivity contribution in [3.8, 4) is 11.3 Å². The van der Waals surface area contributed by atoms with Crippen molar-refractivity contribution in [3.05, 3.63) is 31.2 Å². The van der Waals surface area contributed by atoms with E-state index in [1.165, 1.54) is 23.0 Å². The number of cyclic esters (lactones) is 1. The molecule has 1 saturated heterocycles. The third-order valence-corrected chi connectivity index (χ3v) is 5.29. The second-order valence-corrected chi connectivity index (χ2v) is 7.83. The van der Waals surface area contributed by atoms with Crippen LogP contribution in [0.2, 0.25) is 0 Å². The van der Waals surface area contributed by atoms with Gasteiger partial charge in [0.1, 0.15) is 18.0 Å². The number of thiazole rings is 1. The summed E-state index contributed by atoms with van der Waals surface area (Å²) in [5, 5.41) is 2.54. The van der Waals surface area contributed by atoms with Crippen molar-refractivity contribution < 1.29 is 9.53 Å². The van der Waals surface area contributed by atoms with Gasteiger partial charge in [0.05, 0.1) is 17.2 Å². The van der Waals surface area contributed by atoms with Crippen LogP contribution in [-0.2, 0) is 24.8 Å². The van der Waals surface area contributed by atoms with Crippen LogP contribution in [-0.4, -0.2) is 44.8 Å². The second-order valence-electron chi connectivity index (χ2n) is 6.89. The minimum absolute atomic E-state index is 0.136. The summed E-state index contributed by atoms with van der Waals surface area (Å²) in [6.07, 6.45) is 0.247. The Hall–Kier alpha value is -2.62. The van der Waals surface area contributed by atoms with Gasteiger partial charge in [-0.3, -0.25) is 13.9 Å². The Morgan fingerprint density at radius 1 is 1.33 bits per heavy atom. The Morgan fingerprint density at radius 2 is 2.07 bits per heavy atom. The molecule has 0 saturated carbocycles. The van der Waals surface area contributed by atoms with Crippen LogP contribution in [0.5, 0.6) is 0 Å². The molecule has 146 valence electrons. The SMILES string of the molecule is CC(C)Cn1c(N)c(-c2csc(CCN3CCOC3=O)n2)c(=O)n(C)c1=O. The minimum Gasteiger partial charge on any atom is -0.448 e. The molecular weight excluding hydrogens is 370 g/mol. The number of nitrogens with two attached hydrogens (primary N) is 1. The summed E-state index contributed by atoms with van der Waals surface area (Å²) in [6, 6.07) is 0. The van der Waals surface area contributed by atoms with E-state index in [4.69, 9.17) is 10.5 Å². The maximum atomic E-state index is 12.6. The lowest BCUT2D eigenvalue weighted by atomic mass is 10.2. The standard InChI is InChI=1S/C17H23N5O4S/c1-10(2)8-22-14(18)13(15(23)20(3)16(22)24)11-9-27-12(19-11)4-5-21-6-7-26-17(21)25/h9-10H,4-8,18H2,1-3H3. The van der Waals surface area contributed by atoms with E-state index in [1.807, 2.05) is 13.8 Å². The summed E-state index contributed by atoms with van der Waals surface area (Å²) in [7, 11) is 1.44. The molecule has 9 nitrogen and oxygen atoms in total. The number of rotatable bonds is 6. The number of aromatic nitrogens is 3. The van der Waals surface area contributed by atoms with Crippen LogP contribution in [0.15, 0.2) is 15.0 Å². The molecule has 0 unspecified atom stereocenters. The smallest absolute Gasteiger partial charge is 0.409 e. The van der Waals surface area contributed by atoms with Crippen LogP contribution in [0.4, 0.5) is 10.6 Å². The largest absolute Gasteiger partial charge is 0.448 e. The van der Waals surface area contributed by atoms with E-state index in [1.54, 1.807) is 10.3 Å². The fourth-order valence-electron chi connectivity index (χ4n) is 2.97. The van der Waals surface area contributed by atoms with Gasteiger partial charge in [-0.1, -0.05) is 13.8 Å². The Labute approximate surface area is 160 Å². The molecule has 3 rings (SSSR count). The zero-order valence-electron chi connectivity index (χ0n) is 15.6. The first-order chi connectivity index (χ1) is 12.8. The van der Waals surface area contributed by atoms with Crippen LogP contribution >= 0.6 is 11.3 Å². The fraction of sp³-hybridized carbons (Fsp3) is 0.529. The van der Waals surface area contributed by atoms with Crippen LogP contribution < -0.4 is 17.0 Å². The monoisotopic (exact) mass is 393 g/mol. The molecule has 1 aliphatic heterocycles. The molecule has 0 aliphatic carbocycles. The van der Waals surface area contributed by atoms with Crippen molar-refractivity contribution in [2.75, 3.05) is 25.4 Å². The summed E-state index contributed by atoms with van der Waals surface area (Å²) in [6.45, 7) is 5.85. The predicted molar refractivity (Wildman–Crippen MR) is 103 cm³/mol. The first-order valence-electron chi connectivity index (χ1n) is 8.75. The van der Waals surface area contributed by atoms with Crippen LogP contribution in [0.3, 0.4) is 0 Å². The lowest BCUT2D eigenvalue weighted by molar-refractivity contribution is 0.159. The molecule has 10 heteroatoms. The summed E-state index contributed by atoms with van der Waals surface area (Å²) >= 11 is 1.40. The van der Waals surface area contributed by atoms with E-state index in [-0.39, 0.29) is 23.4 Å². The number of hydrogen-bond acceptors (Lipinski definition) is 7. The van der Waals surface area contributed by atoms with Gasteiger partial charge in [0, 0.05) is 31.9 Å². The van der Waals surface area contributed by atoms with Gasteiger partial charge in [0.15, 0.2) is 0 Å². The molecule has 0 atom stereocenters. The van der Waals surface area contributed by atoms with Gasteiger partial charge in [-0.25, -0.2) is 14.6 Å². The summed E-state index contributed by atoms with van der Waals surface area (Å²) in [5.41, 5.74) is 5.98. The van der Waals surface area contributed by atoms with E-state index in [2.05, 4.69) is 4.98 Å². The first-order valence-corrected chi connectivity index (χ1v) is 9.63. The highest BCUT2D eigenvalue weighted by Crippen LogP contribution is 2.24. The third-order valence-electron chi connectivity index (χ3n) is 4.38. The molecule has 1 aliphatic rings. The van der Waals surface area contributed by atoms with E-state index in [9.17, 15) is 14.4 Å². The van der Waals surface area contributed by atoms with E-state index < -0.39 is 11.2 Å². The molecule has 1 fully saturated rings. The van der Waals surface area contributed by atoms with Gasteiger partial charge in [-0.2, -0.15) is 0 Å². The molecule has 2 aromatic rings. The van der Waals surface area contributed by atoms with Gasteiger partial charge in [-0.05, 0) is 5.92 Å². The third kappa shape index (κ3) is 3.75. The highest BCUT2D eigenvalue weighted by Gasteiger charge is 2.23. The number of nitrogens with zero attached hydrogens (tertiary/aromatic N) is 4. The number of hydrogen-bond donors (Lipinski definition) is 1. The summed E-state index contributed by atoms with van der Waals surface area (Å²) < 4.78 is 7.39. The number of nitrogen functional groups attached to an aromatic ring is 1. The van der Waals surface area contributed by atoms with Crippen molar-refractivity contribution in [1.82, 2.24) is 19.0 Å². The van der Waals surface area contributed by atoms with Gasteiger partial charge < -0.3 is 15.4 Å². The number of amides is 1. The highest BCUT2D eigenvalue weighted by molar-refractivity contribution is 7.09. The van der Waals surface area contributed by atoms with E-state index >= 15 is 0 Å². The van der Waals surface area contributed by atoms with Gasteiger partial charge >= 0.3 is 11.8 Å². The zero-order chi connectivity index (χ0) is 19.7. The van der Waals surface area contributed by atoms with Gasteiger partial charge in [-0.15, -0.1) is 11.3 Å². The van der Waals surface area contributed by atoms with Crippen LogP contribution in [0.25, 0.3) is 11.3 Å². The average molecular weight is 393 g/mol. The van der Waals surface area contributed by atoms with Crippen molar-refractivity contribution in [2.24, 2.45) is 13.0 Å². The summed E-state index contributed by atoms with van der Waals surface area (Å²) in [4.78, 5) is 42.7. The lowest BCUT2D eigenvalue weighted by Crippen LogP contribution is -2.41. The molecule has 0 aromatic carbocycles. The topological polar surface area (TPSA) is 112 Å². The van der Waals surface area contributed by atoms with Crippen LogP contribution in [0.1, 0.15) is 18.9 Å². The molecule has 0 bridgehead atoms. The number of carbonyl (C=O) groups is 1. The maximum Gasteiger partial charge on any atom is 0.409 e. The fourth-order valence-corrected chi connectivity index (χ4v) is 3.74. The number of anilines is 1. The Balaban J connectivity index is 1.91. The van der Waals surface area contributed by atoms with Gasteiger partial charge in [0.2, 0.25) is 0 Å².